The third-order valence-corrected chi connectivity index (χ3v) is 7.25. The lowest BCUT2D eigenvalue weighted by molar-refractivity contribution is 0.216. The Kier molecular flexibility index (Phi) is 5.34. The first-order valence-corrected chi connectivity index (χ1v) is 10.4. The van der Waals surface area contributed by atoms with Crippen molar-refractivity contribution in [1.29, 1.82) is 0 Å². The number of hydrogen-bond donors (Lipinski definition) is 1. The molecule has 3 aromatic rings. The second kappa shape index (κ2) is 7.36. The van der Waals surface area contributed by atoms with Gasteiger partial charge in [0, 0.05) is 17.2 Å². The van der Waals surface area contributed by atoms with Crippen LogP contribution >= 0.6 is 23.1 Å². The van der Waals surface area contributed by atoms with Crippen LogP contribution in [0.15, 0.2) is 58.8 Å². The average Bonchev–Trinajstić information content (AvgIpc) is 3.10. The van der Waals surface area contributed by atoms with Crippen molar-refractivity contribution in [1.82, 2.24) is 4.98 Å². The van der Waals surface area contributed by atoms with Gasteiger partial charge in [0.05, 0.1) is 10.6 Å². The van der Waals surface area contributed by atoms with Crippen LogP contribution in [0.3, 0.4) is 0 Å². The number of benzene rings is 2. The van der Waals surface area contributed by atoms with Crippen LogP contribution in [0, 0.1) is 13.8 Å². The summed E-state index contributed by atoms with van der Waals surface area (Å²) in [5, 5.41) is 12.2. The molecule has 0 saturated heterocycles. The van der Waals surface area contributed by atoms with E-state index in [2.05, 4.69) is 4.98 Å². The van der Waals surface area contributed by atoms with Gasteiger partial charge in [-0.05, 0) is 31.0 Å². The molecule has 136 valence electrons. The second-order valence-corrected chi connectivity index (χ2v) is 8.99. The van der Waals surface area contributed by atoms with Gasteiger partial charge in [-0.1, -0.05) is 48.0 Å². The predicted molar refractivity (Wildman–Crippen MR) is 104 cm³/mol. The Hall–Kier alpha value is -1.93. The number of anilines is 1. The van der Waals surface area contributed by atoms with Gasteiger partial charge in [0.2, 0.25) is 5.13 Å². The highest BCUT2D eigenvalue weighted by molar-refractivity contribution is 7.94. The minimum atomic E-state index is -3.94. The molecule has 0 aliphatic rings. The average molecular weight is 409 g/mol. The molecule has 0 bridgehead atoms. The van der Waals surface area contributed by atoms with E-state index < -0.39 is 16.1 Å². The Morgan fingerprint density at radius 3 is 2.58 bits per heavy atom. The van der Waals surface area contributed by atoms with E-state index in [0.29, 0.717) is 20.6 Å². The second-order valence-electron chi connectivity index (χ2n) is 5.86. The highest BCUT2D eigenvalue weighted by Crippen LogP contribution is 2.33. The maximum absolute atomic E-state index is 12.7. The zero-order valence-electron chi connectivity index (χ0n) is 14.1. The SMILES string of the molecule is Cc1cccc(C(O)c2csc(N(Cl)S(=O)(=O)c3ccccc3C)n2)c1. The number of aromatic nitrogens is 1. The zero-order valence-corrected chi connectivity index (χ0v) is 16.5. The summed E-state index contributed by atoms with van der Waals surface area (Å²) >= 11 is 7.16. The van der Waals surface area contributed by atoms with Gasteiger partial charge in [-0.25, -0.2) is 4.98 Å². The van der Waals surface area contributed by atoms with Crippen molar-refractivity contribution in [3.63, 3.8) is 0 Å². The molecular formula is C18H17ClN2O3S2. The molecule has 5 nitrogen and oxygen atoms in total. The van der Waals surface area contributed by atoms with E-state index in [1.165, 1.54) is 6.07 Å². The van der Waals surface area contributed by atoms with Gasteiger partial charge >= 0.3 is 0 Å². The van der Waals surface area contributed by atoms with Crippen LogP contribution in [0.1, 0.15) is 28.5 Å². The van der Waals surface area contributed by atoms with Gasteiger partial charge in [-0.15, -0.1) is 15.2 Å². The Morgan fingerprint density at radius 2 is 1.88 bits per heavy atom. The first-order chi connectivity index (χ1) is 12.3. The van der Waals surface area contributed by atoms with Crippen LogP contribution in [-0.4, -0.2) is 18.5 Å². The number of nitrogens with zero attached hydrogens (tertiary/aromatic N) is 2. The number of sulfonamides is 1. The molecule has 1 N–H and O–H groups in total. The molecule has 3 rings (SSSR count). The Labute approximate surface area is 161 Å². The van der Waals surface area contributed by atoms with E-state index >= 15 is 0 Å². The van der Waals surface area contributed by atoms with E-state index in [-0.39, 0.29) is 10.0 Å². The van der Waals surface area contributed by atoms with Crippen molar-refractivity contribution in [3.05, 3.63) is 76.3 Å². The number of halogens is 1. The monoisotopic (exact) mass is 408 g/mol. The molecule has 0 fully saturated rings. The smallest absolute Gasteiger partial charge is 0.280 e. The zero-order chi connectivity index (χ0) is 18.9. The molecule has 1 aromatic heterocycles. The summed E-state index contributed by atoms with van der Waals surface area (Å²) < 4.78 is 26.1. The van der Waals surface area contributed by atoms with Gasteiger partial charge in [0.25, 0.3) is 10.0 Å². The van der Waals surface area contributed by atoms with Crippen molar-refractivity contribution >= 4 is 38.3 Å². The van der Waals surface area contributed by atoms with Crippen LogP contribution in [0.5, 0.6) is 0 Å². The van der Waals surface area contributed by atoms with Crippen molar-refractivity contribution in [2.45, 2.75) is 24.8 Å². The molecular weight excluding hydrogens is 392 g/mol. The van der Waals surface area contributed by atoms with Crippen LogP contribution in [0.4, 0.5) is 5.13 Å². The van der Waals surface area contributed by atoms with Gasteiger partial charge < -0.3 is 5.11 Å². The highest BCUT2D eigenvalue weighted by Gasteiger charge is 2.28. The van der Waals surface area contributed by atoms with E-state index in [4.69, 9.17) is 11.8 Å². The number of aliphatic hydroxyl groups excluding tert-OH is 1. The van der Waals surface area contributed by atoms with Crippen molar-refractivity contribution in [2.75, 3.05) is 3.82 Å². The predicted octanol–water partition coefficient (Wildman–Crippen LogP) is 4.19. The summed E-state index contributed by atoms with van der Waals surface area (Å²) in [6.45, 7) is 3.63. The topological polar surface area (TPSA) is 70.5 Å². The molecule has 1 heterocycles. The first kappa shape index (κ1) is 18.8. The van der Waals surface area contributed by atoms with Crippen molar-refractivity contribution in [2.24, 2.45) is 0 Å². The molecule has 1 unspecified atom stereocenters. The lowest BCUT2D eigenvalue weighted by Gasteiger charge is -2.14. The molecule has 0 saturated carbocycles. The Morgan fingerprint density at radius 1 is 1.15 bits per heavy atom. The maximum atomic E-state index is 12.7. The standard InChI is InChI=1S/C18H17ClN2O3S2/c1-12-6-5-8-14(10-12)17(22)15-11-25-18(20-15)21(19)26(23,24)16-9-4-3-7-13(16)2/h3-11,17,22H,1-2H3. The van der Waals surface area contributed by atoms with Crippen LogP contribution in [-0.2, 0) is 10.0 Å². The summed E-state index contributed by atoms with van der Waals surface area (Å²) in [5.74, 6) is 0. The van der Waals surface area contributed by atoms with Gasteiger partial charge in [-0.3, -0.25) is 0 Å². The van der Waals surface area contributed by atoms with E-state index in [1.54, 1.807) is 36.6 Å². The lowest BCUT2D eigenvalue weighted by atomic mass is 10.1. The number of thiazole rings is 1. The summed E-state index contributed by atoms with van der Waals surface area (Å²) in [6, 6.07) is 14.0. The molecule has 8 heteroatoms. The minimum Gasteiger partial charge on any atom is -0.382 e. The molecule has 26 heavy (non-hydrogen) atoms. The fourth-order valence-corrected chi connectivity index (χ4v) is 5.13. The molecule has 0 aliphatic heterocycles. The Bertz CT molecular complexity index is 1030. The largest absolute Gasteiger partial charge is 0.382 e. The van der Waals surface area contributed by atoms with Crippen LogP contribution in [0.25, 0.3) is 0 Å². The molecule has 0 radical (unpaired) electrons. The van der Waals surface area contributed by atoms with Gasteiger partial charge in [0.1, 0.15) is 6.10 Å². The molecule has 2 aromatic carbocycles. The number of hydrogen-bond acceptors (Lipinski definition) is 5. The van der Waals surface area contributed by atoms with Crippen molar-refractivity contribution < 1.29 is 13.5 Å². The third-order valence-electron chi connectivity index (χ3n) is 3.88. The minimum absolute atomic E-state index is 0.0802. The van der Waals surface area contributed by atoms with Gasteiger partial charge in [-0.2, -0.15) is 8.42 Å². The molecule has 1 atom stereocenters. The van der Waals surface area contributed by atoms with Crippen LogP contribution < -0.4 is 3.82 Å². The quantitative estimate of drug-likeness (QED) is 0.642. The van der Waals surface area contributed by atoms with E-state index in [9.17, 15) is 13.5 Å². The fourth-order valence-electron chi connectivity index (χ4n) is 2.53. The highest BCUT2D eigenvalue weighted by atomic mass is 35.5. The Balaban J connectivity index is 1.91. The maximum Gasteiger partial charge on any atom is 0.280 e. The fraction of sp³-hybridized carbons (Fsp3) is 0.167. The summed E-state index contributed by atoms with van der Waals surface area (Å²) in [5.41, 5.74) is 2.64. The number of aliphatic hydroxyl groups is 1. The summed E-state index contributed by atoms with van der Waals surface area (Å²) in [4.78, 5) is 4.34. The third kappa shape index (κ3) is 3.61. The lowest BCUT2D eigenvalue weighted by Crippen LogP contribution is -2.22. The molecule has 0 aliphatic carbocycles. The normalized spacial score (nSPS) is 12.8. The first-order valence-electron chi connectivity index (χ1n) is 7.77. The van der Waals surface area contributed by atoms with Crippen molar-refractivity contribution in [3.8, 4) is 0 Å². The van der Waals surface area contributed by atoms with Crippen LogP contribution in [0.2, 0.25) is 0 Å². The number of rotatable bonds is 5. The summed E-state index contributed by atoms with van der Waals surface area (Å²) in [6.07, 6.45) is -0.953. The molecule has 0 amide bonds. The molecule has 0 spiro atoms. The summed E-state index contributed by atoms with van der Waals surface area (Å²) in [7, 11) is -3.94. The number of aryl methyl sites for hydroxylation is 2. The van der Waals surface area contributed by atoms with E-state index in [0.717, 1.165) is 16.9 Å². The van der Waals surface area contributed by atoms with E-state index in [1.807, 2.05) is 25.1 Å². The van der Waals surface area contributed by atoms with Gasteiger partial charge in [0.15, 0.2) is 0 Å².